The SMILES string of the molecule is C/C1=C/C(c2[nH]c3ccc(C4CCN(Cc5cccnn5)CC4)cc3c2C(C)C)=C\CCC2N=CN=C12. The third-order valence-electron chi connectivity index (χ3n) is 8.14. The summed E-state index contributed by atoms with van der Waals surface area (Å²) in [6.45, 7) is 9.88. The Morgan fingerprint density at radius 2 is 1.97 bits per heavy atom. The van der Waals surface area contributed by atoms with Crippen molar-refractivity contribution in [1.82, 2.24) is 20.1 Å². The quantitative estimate of drug-likeness (QED) is 0.446. The molecule has 4 heterocycles. The molecule has 0 saturated carbocycles. The lowest BCUT2D eigenvalue weighted by molar-refractivity contribution is 0.202. The molecule has 0 amide bonds. The molecule has 1 aromatic carbocycles. The Hall–Kier alpha value is -3.38. The van der Waals surface area contributed by atoms with Crippen LogP contribution in [0.2, 0.25) is 0 Å². The third-order valence-corrected chi connectivity index (χ3v) is 8.14. The number of nitrogens with zero attached hydrogens (tertiary/aromatic N) is 5. The summed E-state index contributed by atoms with van der Waals surface area (Å²) in [7, 11) is 0. The highest BCUT2D eigenvalue weighted by atomic mass is 15.2. The fraction of sp³-hybridized carbons (Fsp3) is 0.419. The van der Waals surface area contributed by atoms with Crippen molar-refractivity contribution in [3.63, 3.8) is 0 Å². The van der Waals surface area contributed by atoms with E-state index in [-0.39, 0.29) is 6.04 Å². The normalized spacial score (nSPS) is 23.8. The maximum Gasteiger partial charge on any atom is 0.111 e. The molecule has 1 saturated heterocycles. The molecule has 2 aliphatic heterocycles. The smallest absolute Gasteiger partial charge is 0.111 e. The fourth-order valence-electron chi connectivity index (χ4n) is 6.23. The first-order chi connectivity index (χ1) is 18.1. The van der Waals surface area contributed by atoms with Crippen LogP contribution in [0, 0.1) is 0 Å². The van der Waals surface area contributed by atoms with E-state index in [1.54, 1.807) is 12.5 Å². The lowest BCUT2D eigenvalue weighted by atomic mass is 9.87. The number of aromatic nitrogens is 3. The number of nitrogens with one attached hydrogen (secondary N) is 1. The monoisotopic (exact) mass is 492 g/mol. The molecule has 1 atom stereocenters. The summed E-state index contributed by atoms with van der Waals surface area (Å²) in [6.07, 6.45) is 12.5. The number of rotatable bonds is 5. The minimum atomic E-state index is 0.218. The van der Waals surface area contributed by atoms with Gasteiger partial charge in [-0.3, -0.25) is 9.89 Å². The lowest BCUT2D eigenvalue weighted by Crippen LogP contribution is -2.32. The van der Waals surface area contributed by atoms with Gasteiger partial charge in [0.25, 0.3) is 0 Å². The van der Waals surface area contributed by atoms with E-state index in [9.17, 15) is 0 Å². The van der Waals surface area contributed by atoms with E-state index in [0.717, 1.165) is 43.9 Å². The van der Waals surface area contributed by atoms with E-state index in [1.807, 2.05) is 6.07 Å². The molecule has 0 spiro atoms. The number of allylic oxidation sites excluding steroid dienone is 3. The van der Waals surface area contributed by atoms with Crippen LogP contribution in [0.15, 0.2) is 64.2 Å². The minimum absolute atomic E-state index is 0.218. The van der Waals surface area contributed by atoms with E-state index in [0.29, 0.717) is 11.8 Å². The first-order valence-electron chi connectivity index (χ1n) is 13.7. The van der Waals surface area contributed by atoms with Crippen molar-refractivity contribution in [2.45, 2.75) is 70.9 Å². The van der Waals surface area contributed by atoms with Crippen molar-refractivity contribution in [1.29, 1.82) is 0 Å². The Morgan fingerprint density at radius 1 is 1.11 bits per heavy atom. The highest BCUT2D eigenvalue weighted by Crippen LogP contribution is 2.38. The van der Waals surface area contributed by atoms with Gasteiger partial charge >= 0.3 is 0 Å². The summed E-state index contributed by atoms with van der Waals surface area (Å²) in [5.41, 5.74) is 10.1. The number of fused-ring (bicyclic) bond motifs is 2. The summed E-state index contributed by atoms with van der Waals surface area (Å²) in [4.78, 5) is 15.4. The van der Waals surface area contributed by atoms with E-state index in [4.69, 9.17) is 0 Å². The number of piperidine rings is 1. The first-order valence-corrected chi connectivity index (χ1v) is 13.7. The molecule has 3 aromatic rings. The molecule has 0 radical (unpaired) electrons. The van der Waals surface area contributed by atoms with Gasteiger partial charge in [0.05, 0.1) is 17.4 Å². The molecular weight excluding hydrogens is 456 g/mol. The number of likely N-dealkylation sites (tertiary alicyclic amines) is 1. The van der Waals surface area contributed by atoms with Crippen molar-refractivity contribution < 1.29 is 0 Å². The molecule has 1 unspecified atom stereocenters. The van der Waals surface area contributed by atoms with Gasteiger partial charge in [-0.1, -0.05) is 26.0 Å². The molecule has 1 N–H and O–H groups in total. The second-order valence-electron chi connectivity index (χ2n) is 11.0. The molecule has 37 heavy (non-hydrogen) atoms. The Labute approximate surface area is 219 Å². The van der Waals surface area contributed by atoms with Gasteiger partial charge in [0, 0.05) is 29.3 Å². The van der Waals surface area contributed by atoms with Gasteiger partial charge in [0.15, 0.2) is 0 Å². The maximum absolute atomic E-state index is 4.57. The van der Waals surface area contributed by atoms with Crippen LogP contribution in [0.1, 0.15) is 80.8 Å². The van der Waals surface area contributed by atoms with Crippen molar-refractivity contribution >= 4 is 28.5 Å². The molecular formula is C31H36N6. The number of aliphatic imine (C=N–C) groups is 2. The van der Waals surface area contributed by atoms with Gasteiger partial charge in [-0.25, -0.2) is 4.99 Å². The minimum Gasteiger partial charge on any atom is -0.354 e. The van der Waals surface area contributed by atoms with Crippen molar-refractivity contribution in [2.24, 2.45) is 9.98 Å². The van der Waals surface area contributed by atoms with Gasteiger partial charge in [-0.15, -0.1) is 0 Å². The van der Waals surface area contributed by atoms with Crippen molar-refractivity contribution in [3.8, 4) is 0 Å². The summed E-state index contributed by atoms with van der Waals surface area (Å²) >= 11 is 0. The molecule has 6 rings (SSSR count). The second-order valence-corrected chi connectivity index (χ2v) is 11.0. The molecule has 2 aromatic heterocycles. The Kier molecular flexibility index (Phi) is 6.59. The van der Waals surface area contributed by atoms with E-state index in [1.165, 1.54) is 51.7 Å². The molecule has 6 heteroatoms. The Bertz CT molecular complexity index is 1400. The summed E-state index contributed by atoms with van der Waals surface area (Å²) in [6, 6.07) is 11.4. The van der Waals surface area contributed by atoms with Crippen LogP contribution in [0.4, 0.5) is 0 Å². The van der Waals surface area contributed by atoms with E-state index in [2.05, 4.69) is 87.3 Å². The van der Waals surface area contributed by atoms with Crippen molar-refractivity contribution in [2.75, 3.05) is 13.1 Å². The Balaban J connectivity index is 1.26. The summed E-state index contributed by atoms with van der Waals surface area (Å²) in [5.74, 6) is 1.02. The molecule has 190 valence electrons. The number of H-pyrrole nitrogens is 1. The van der Waals surface area contributed by atoms with Gasteiger partial charge in [-0.2, -0.15) is 10.2 Å². The zero-order chi connectivity index (χ0) is 25.4. The number of benzene rings is 1. The summed E-state index contributed by atoms with van der Waals surface area (Å²) < 4.78 is 0. The third kappa shape index (κ3) is 4.82. The standard InChI is InChI=1S/C31H36N6/c1-20(2)29-26-17-23(22-11-14-37(15-12-22)18-25-7-5-13-34-36-25)9-10-27(26)35-31(29)24-6-4-8-28-30(21(3)16-24)33-19-32-28/h5-7,9-10,13,16-17,19-20,22,28,35H,4,8,11-12,14-15,18H2,1-3H3/b21-16-,24-6+. The van der Waals surface area contributed by atoms with Gasteiger partial charge in [0.1, 0.15) is 6.34 Å². The Morgan fingerprint density at radius 3 is 2.76 bits per heavy atom. The summed E-state index contributed by atoms with van der Waals surface area (Å²) in [5, 5.41) is 9.67. The number of hydrogen-bond donors (Lipinski definition) is 1. The van der Waals surface area contributed by atoms with Gasteiger partial charge in [0.2, 0.25) is 0 Å². The highest BCUT2D eigenvalue weighted by Gasteiger charge is 2.25. The number of hydrogen-bond acceptors (Lipinski definition) is 5. The topological polar surface area (TPSA) is 69.5 Å². The zero-order valence-electron chi connectivity index (χ0n) is 22.1. The average Bonchev–Trinajstić information content (AvgIpc) is 3.52. The van der Waals surface area contributed by atoms with Crippen LogP contribution in [-0.4, -0.2) is 51.3 Å². The second kappa shape index (κ2) is 10.2. The molecule has 0 bridgehead atoms. The largest absolute Gasteiger partial charge is 0.354 e. The van der Waals surface area contributed by atoms with Gasteiger partial charge in [-0.05, 0) is 110 Å². The highest BCUT2D eigenvalue weighted by molar-refractivity contribution is 6.11. The molecule has 1 aliphatic carbocycles. The van der Waals surface area contributed by atoms with Crippen LogP contribution in [-0.2, 0) is 6.54 Å². The number of aromatic amines is 1. The predicted octanol–water partition coefficient (Wildman–Crippen LogP) is 6.44. The molecule has 3 aliphatic rings. The lowest BCUT2D eigenvalue weighted by Gasteiger charge is -2.32. The first kappa shape index (κ1) is 24.0. The van der Waals surface area contributed by atoms with Gasteiger partial charge < -0.3 is 4.98 Å². The van der Waals surface area contributed by atoms with Crippen LogP contribution >= 0.6 is 0 Å². The maximum atomic E-state index is 4.57. The van der Waals surface area contributed by atoms with E-state index < -0.39 is 0 Å². The average molecular weight is 493 g/mol. The molecule has 1 fully saturated rings. The van der Waals surface area contributed by atoms with Crippen molar-refractivity contribution in [3.05, 3.63) is 76.8 Å². The van der Waals surface area contributed by atoms with Crippen LogP contribution in [0.5, 0.6) is 0 Å². The fourth-order valence-corrected chi connectivity index (χ4v) is 6.23. The van der Waals surface area contributed by atoms with E-state index >= 15 is 0 Å². The van der Waals surface area contributed by atoms with Crippen LogP contribution in [0.25, 0.3) is 16.5 Å². The predicted molar refractivity (Wildman–Crippen MR) is 152 cm³/mol. The van der Waals surface area contributed by atoms with Crippen LogP contribution < -0.4 is 0 Å². The van der Waals surface area contributed by atoms with Crippen LogP contribution in [0.3, 0.4) is 0 Å². The zero-order valence-corrected chi connectivity index (χ0v) is 22.1. The molecule has 6 nitrogen and oxygen atoms in total.